The number of piperazine rings is 1. The van der Waals surface area contributed by atoms with Crippen LogP contribution in [0.1, 0.15) is 12.5 Å². The van der Waals surface area contributed by atoms with Gasteiger partial charge in [0.2, 0.25) is 0 Å². The zero-order valence-corrected chi connectivity index (χ0v) is 11.5. The molecule has 4 nitrogen and oxygen atoms in total. The van der Waals surface area contributed by atoms with Gasteiger partial charge in [-0.2, -0.15) is 0 Å². The van der Waals surface area contributed by atoms with E-state index in [1.807, 2.05) is 19.1 Å². The Balaban J connectivity index is 1.72. The Morgan fingerprint density at radius 1 is 1.37 bits per heavy atom. The van der Waals surface area contributed by atoms with E-state index < -0.39 is 0 Å². The van der Waals surface area contributed by atoms with Crippen molar-refractivity contribution in [2.45, 2.75) is 19.4 Å². The van der Waals surface area contributed by atoms with Gasteiger partial charge in [-0.1, -0.05) is 0 Å². The second kappa shape index (κ2) is 5.80. The maximum absolute atomic E-state index is 5.90. The van der Waals surface area contributed by atoms with Crippen LogP contribution >= 0.6 is 0 Å². The second-order valence-corrected chi connectivity index (χ2v) is 5.16. The second-order valence-electron chi connectivity index (χ2n) is 5.16. The minimum Gasteiger partial charge on any atom is -0.494 e. The average Bonchev–Trinajstić information content (AvgIpc) is 2.48. The fourth-order valence-electron chi connectivity index (χ4n) is 2.89. The maximum atomic E-state index is 5.90. The van der Waals surface area contributed by atoms with Crippen LogP contribution in [0.4, 0.5) is 0 Å². The van der Waals surface area contributed by atoms with Crippen LogP contribution in [0.2, 0.25) is 0 Å². The Kier molecular flexibility index (Phi) is 3.89. The number of nitrogens with one attached hydrogen (secondary N) is 1. The van der Waals surface area contributed by atoms with Gasteiger partial charge in [-0.05, 0) is 37.1 Å². The fraction of sp³-hybridized carbons (Fsp3) is 0.600. The van der Waals surface area contributed by atoms with Gasteiger partial charge in [-0.25, -0.2) is 0 Å². The summed E-state index contributed by atoms with van der Waals surface area (Å²) in [5.41, 5.74) is 1.28. The van der Waals surface area contributed by atoms with E-state index in [9.17, 15) is 0 Å². The smallest absolute Gasteiger partial charge is 0.122 e. The first-order chi connectivity index (χ1) is 9.36. The minimum absolute atomic E-state index is 0.506. The summed E-state index contributed by atoms with van der Waals surface area (Å²) in [5, 5.41) is 3.40. The first kappa shape index (κ1) is 12.8. The van der Waals surface area contributed by atoms with E-state index in [1.54, 1.807) is 0 Å². The van der Waals surface area contributed by atoms with E-state index in [2.05, 4.69) is 16.3 Å². The molecule has 0 spiro atoms. The Labute approximate surface area is 114 Å². The Bertz CT molecular complexity index is 430. The lowest BCUT2D eigenvalue weighted by Crippen LogP contribution is -2.52. The van der Waals surface area contributed by atoms with Crippen molar-refractivity contribution in [1.29, 1.82) is 0 Å². The maximum Gasteiger partial charge on any atom is 0.122 e. The summed E-state index contributed by atoms with van der Waals surface area (Å²) in [6.45, 7) is 7.94. The first-order valence-corrected chi connectivity index (χ1v) is 7.20. The zero-order chi connectivity index (χ0) is 13.1. The molecule has 104 valence electrons. The topological polar surface area (TPSA) is 33.7 Å². The molecule has 0 aromatic heterocycles. The average molecular weight is 262 g/mol. The van der Waals surface area contributed by atoms with Crippen LogP contribution in [0.15, 0.2) is 18.2 Å². The van der Waals surface area contributed by atoms with Crippen molar-refractivity contribution >= 4 is 0 Å². The van der Waals surface area contributed by atoms with Crippen molar-refractivity contribution in [2.75, 3.05) is 39.4 Å². The highest BCUT2D eigenvalue weighted by Crippen LogP contribution is 2.30. The normalized spacial score (nSPS) is 23.5. The summed E-state index contributed by atoms with van der Waals surface area (Å²) in [5.74, 6) is 1.97. The van der Waals surface area contributed by atoms with Gasteiger partial charge in [0.25, 0.3) is 0 Å². The third-order valence-electron chi connectivity index (χ3n) is 3.90. The molecule has 2 aliphatic heterocycles. The lowest BCUT2D eigenvalue weighted by molar-refractivity contribution is 0.107. The molecule has 1 N–H and O–H groups in total. The molecule has 2 heterocycles. The van der Waals surface area contributed by atoms with Crippen LogP contribution in [-0.4, -0.2) is 50.3 Å². The molecule has 0 bridgehead atoms. The van der Waals surface area contributed by atoms with Crippen molar-refractivity contribution in [2.24, 2.45) is 0 Å². The molecule has 1 aromatic carbocycles. The highest BCUT2D eigenvalue weighted by Gasteiger charge is 2.26. The van der Waals surface area contributed by atoms with E-state index in [4.69, 9.17) is 9.47 Å². The van der Waals surface area contributed by atoms with E-state index >= 15 is 0 Å². The van der Waals surface area contributed by atoms with E-state index in [0.29, 0.717) is 12.6 Å². The molecule has 0 radical (unpaired) electrons. The lowest BCUT2D eigenvalue weighted by Gasteiger charge is -2.37. The number of hydrogen-bond donors (Lipinski definition) is 1. The molecule has 19 heavy (non-hydrogen) atoms. The van der Waals surface area contributed by atoms with Crippen LogP contribution in [0, 0.1) is 0 Å². The minimum atomic E-state index is 0.506. The molecule has 1 saturated heterocycles. The third-order valence-corrected chi connectivity index (χ3v) is 3.90. The predicted molar refractivity (Wildman–Crippen MR) is 75.0 cm³/mol. The number of rotatable bonds is 3. The van der Waals surface area contributed by atoms with Crippen LogP contribution in [0.5, 0.6) is 11.5 Å². The molecule has 4 heteroatoms. The Morgan fingerprint density at radius 2 is 2.21 bits per heavy atom. The lowest BCUT2D eigenvalue weighted by atomic mass is 10.0. The SMILES string of the molecule is CCOc1ccc2c(c1)CC(N1CCNCC1)CO2. The van der Waals surface area contributed by atoms with E-state index in [1.165, 1.54) is 5.56 Å². The van der Waals surface area contributed by atoms with Gasteiger partial charge in [0.05, 0.1) is 6.61 Å². The standard InChI is InChI=1S/C15H22N2O2/c1-2-18-14-3-4-15-12(10-14)9-13(11-19-15)17-7-5-16-6-8-17/h3-4,10,13,16H,2,5-9,11H2,1H3. The monoisotopic (exact) mass is 262 g/mol. The summed E-state index contributed by atoms with van der Waals surface area (Å²) >= 11 is 0. The third kappa shape index (κ3) is 2.85. The van der Waals surface area contributed by atoms with E-state index in [0.717, 1.165) is 50.7 Å². The molecule has 1 unspecified atom stereocenters. The van der Waals surface area contributed by atoms with Crippen molar-refractivity contribution in [1.82, 2.24) is 10.2 Å². The first-order valence-electron chi connectivity index (χ1n) is 7.20. The Hall–Kier alpha value is -1.26. The number of benzene rings is 1. The fourth-order valence-corrected chi connectivity index (χ4v) is 2.89. The predicted octanol–water partition coefficient (Wildman–Crippen LogP) is 1.29. The van der Waals surface area contributed by atoms with Crippen molar-refractivity contribution in [3.05, 3.63) is 23.8 Å². The molecule has 0 amide bonds. The van der Waals surface area contributed by atoms with Gasteiger partial charge in [0.1, 0.15) is 18.1 Å². The van der Waals surface area contributed by atoms with Gasteiger partial charge < -0.3 is 14.8 Å². The van der Waals surface area contributed by atoms with Crippen LogP contribution < -0.4 is 14.8 Å². The van der Waals surface area contributed by atoms with Gasteiger partial charge in [-0.3, -0.25) is 4.90 Å². The highest BCUT2D eigenvalue weighted by atomic mass is 16.5. The van der Waals surface area contributed by atoms with Gasteiger partial charge in [0, 0.05) is 32.2 Å². The molecule has 3 rings (SSSR count). The summed E-state index contributed by atoms with van der Waals surface area (Å²) < 4.78 is 11.5. The summed E-state index contributed by atoms with van der Waals surface area (Å²) in [6.07, 6.45) is 1.07. The molecule has 0 saturated carbocycles. The van der Waals surface area contributed by atoms with Crippen LogP contribution in [0.3, 0.4) is 0 Å². The van der Waals surface area contributed by atoms with Gasteiger partial charge in [-0.15, -0.1) is 0 Å². The number of ether oxygens (including phenoxy) is 2. The highest BCUT2D eigenvalue weighted by molar-refractivity contribution is 5.42. The number of nitrogens with zero attached hydrogens (tertiary/aromatic N) is 1. The van der Waals surface area contributed by atoms with E-state index in [-0.39, 0.29) is 0 Å². The van der Waals surface area contributed by atoms with Gasteiger partial charge >= 0.3 is 0 Å². The summed E-state index contributed by atoms with van der Waals surface area (Å²) in [6, 6.07) is 6.67. The molecule has 2 aliphatic rings. The van der Waals surface area contributed by atoms with Crippen molar-refractivity contribution < 1.29 is 9.47 Å². The number of fused-ring (bicyclic) bond motifs is 1. The molecule has 1 fully saturated rings. The van der Waals surface area contributed by atoms with Crippen LogP contribution in [-0.2, 0) is 6.42 Å². The molecular formula is C15H22N2O2. The van der Waals surface area contributed by atoms with Crippen molar-refractivity contribution in [3.8, 4) is 11.5 Å². The van der Waals surface area contributed by atoms with Gasteiger partial charge in [0.15, 0.2) is 0 Å². The quantitative estimate of drug-likeness (QED) is 0.890. The molecule has 1 atom stereocenters. The molecule has 1 aromatic rings. The van der Waals surface area contributed by atoms with Crippen molar-refractivity contribution in [3.63, 3.8) is 0 Å². The number of hydrogen-bond acceptors (Lipinski definition) is 4. The Morgan fingerprint density at radius 3 is 3.00 bits per heavy atom. The van der Waals surface area contributed by atoms with Crippen LogP contribution in [0.25, 0.3) is 0 Å². The summed E-state index contributed by atoms with van der Waals surface area (Å²) in [4.78, 5) is 2.53. The molecule has 0 aliphatic carbocycles. The largest absolute Gasteiger partial charge is 0.494 e. The zero-order valence-electron chi connectivity index (χ0n) is 11.5. The summed E-state index contributed by atoms with van der Waals surface area (Å²) in [7, 11) is 0. The molecular weight excluding hydrogens is 240 g/mol.